The Morgan fingerprint density at radius 1 is 0.389 bits per heavy atom. The molecule has 1 fully saturated rings. The molecule has 0 heterocycles. The lowest BCUT2D eigenvalue weighted by atomic mass is 9.90. The second kappa shape index (κ2) is 10.9. The van der Waals surface area contributed by atoms with E-state index in [-0.39, 0.29) is 0 Å². The summed E-state index contributed by atoms with van der Waals surface area (Å²) in [5.74, 6) is 1.95. The minimum absolute atomic E-state index is 0.973. The van der Waals surface area contributed by atoms with Crippen LogP contribution in [0.3, 0.4) is 0 Å². The zero-order valence-corrected chi connectivity index (χ0v) is 13.1. The molecule has 0 nitrogen and oxygen atoms in total. The SMILES string of the molecule is CC1CCCCCCCCCCCCC(C)CC1. The van der Waals surface area contributed by atoms with Crippen molar-refractivity contribution in [2.75, 3.05) is 0 Å². The van der Waals surface area contributed by atoms with E-state index in [0.29, 0.717) is 0 Å². The summed E-state index contributed by atoms with van der Waals surface area (Å²) in [4.78, 5) is 0. The fourth-order valence-corrected chi connectivity index (χ4v) is 3.26. The molecule has 0 bridgehead atoms. The number of hydrogen-bond donors (Lipinski definition) is 0. The summed E-state index contributed by atoms with van der Waals surface area (Å²) in [6.45, 7) is 4.94. The molecule has 2 unspecified atom stereocenters. The largest absolute Gasteiger partial charge is 0.0625 e. The van der Waals surface area contributed by atoms with Crippen LogP contribution in [0.5, 0.6) is 0 Å². The van der Waals surface area contributed by atoms with Gasteiger partial charge < -0.3 is 0 Å². The molecule has 0 spiro atoms. The van der Waals surface area contributed by atoms with Gasteiger partial charge in [-0.1, -0.05) is 104 Å². The van der Waals surface area contributed by atoms with Crippen molar-refractivity contribution < 1.29 is 0 Å². The van der Waals surface area contributed by atoms with Crippen molar-refractivity contribution in [1.29, 1.82) is 0 Å². The van der Waals surface area contributed by atoms with Crippen molar-refractivity contribution in [1.82, 2.24) is 0 Å². The molecule has 0 radical (unpaired) electrons. The van der Waals surface area contributed by atoms with Crippen LogP contribution in [0.15, 0.2) is 0 Å². The fourth-order valence-electron chi connectivity index (χ4n) is 3.26. The van der Waals surface area contributed by atoms with Crippen molar-refractivity contribution in [3.05, 3.63) is 0 Å². The second-order valence-corrected chi connectivity index (χ2v) is 6.90. The zero-order valence-electron chi connectivity index (χ0n) is 13.1. The highest BCUT2D eigenvalue weighted by molar-refractivity contribution is 4.60. The molecule has 18 heavy (non-hydrogen) atoms. The van der Waals surface area contributed by atoms with Crippen LogP contribution in [0.25, 0.3) is 0 Å². The summed E-state index contributed by atoms with van der Waals surface area (Å²) in [6.07, 6.45) is 20.8. The van der Waals surface area contributed by atoms with E-state index >= 15 is 0 Å². The summed E-state index contributed by atoms with van der Waals surface area (Å²) in [5.41, 5.74) is 0. The van der Waals surface area contributed by atoms with E-state index in [2.05, 4.69) is 13.8 Å². The number of hydrogen-bond acceptors (Lipinski definition) is 0. The minimum atomic E-state index is 0.973. The van der Waals surface area contributed by atoms with Crippen molar-refractivity contribution in [2.24, 2.45) is 11.8 Å². The first-order valence-electron chi connectivity index (χ1n) is 8.79. The first-order valence-corrected chi connectivity index (χ1v) is 8.79. The van der Waals surface area contributed by atoms with Crippen molar-refractivity contribution in [3.63, 3.8) is 0 Å². The van der Waals surface area contributed by atoms with Gasteiger partial charge in [-0.3, -0.25) is 0 Å². The summed E-state index contributed by atoms with van der Waals surface area (Å²) in [5, 5.41) is 0. The smallest absolute Gasteiger partial charge is 0.0443 e. The summed E-state index contributed by atoms with van der Waals surface area (Å²) >= 11 is 0. The predicted molar refractivity (Wildman–Crippen MR) is 83.0 cm³/mol. The van der Waals surface area contributed by atoms with E-state index in [4.69, 9.17) is 0 Å². The molecule has 0 heteroatoms. The maximum Gasteiger partial charge on any atom is -0.0443 e. The Labute approximate surface area is 116 Å². The van der Waals surface area contributed by atoms with Gasteiger partial charge in [0.05, 0.1) is 0 Å². The number of rotatable bonds is 0. The molecule has 108 valence electrons. The van der Waals surface area contributed by atoms with E-state index in [1.807, 2.05) is 0 Å². The fraction of sp³-hybridized carbons (Fsp3) is 1.00. The molecular weight excluding hydrogens is 216 g/mol. The molecule has 0 aromatic carbocycles. The summed E-state index contributed by atoms with van der Waals surface area (Å²) < 4.78 is 0. The Hall–Kier alpha value is 0. The minimum Gasteiger partial charge on any atom is -0.0625 e. The van der Waals surface area contributed by atoms with Gasteiger partial charge in [0.2, 0.25) is 0 Å². The highest BCUT2D eigenvalue weighted by atomic mass is 14.1. The van der Waals surface area contributed by atoms with E-state index in [1.165, 1.54) is 89.9 Å². The molecule has 0 aliphatic heterocycles. The Balaban J connectivity index is 2.19. The van der Waals surface area contributed by atoms with Gasteiger partial charge in [-0.05, 0) is 11.8 Å². The summed E-state index contributed by atoms with van der Waals surface area (Å²) in [7, 11) is 0. The Morgan fingerprint density at radius 3 is 1.00 bits per heavy atom. The van der Waals surface area contributed by atoms with Crippen LogP contribution >= 0.6 is 0 Å². The van der Waals surface area contributed by atoms with Crippen LogP contribution in [0.1, 0.15) is 104 Å². The van der Waals surface area contributed by atoms with Crippen molar-refractivity contribution in [3.8, 4) is 0 Å². The quantitative estimate of drug-likeness (QED) is 0.448. The molecule has 1 saturated carbocycles. The van der Waals surface area contributed by atoms with E-state index in [1.54, 1.807) is 0 Å². The third-order valence-electron chi connectivity index (χ3n) is 4.80. The Kier molecular flexibility index (Phi) is 9.70. The van der Waals surface area contributed by atoms with Gasteiger partial charge in [0.25, 0.3) is 0 Å². The van der Waals surface area contributed by atoms with Crippen LogP contribution in [-0.2, 0) is 0 Å². The Bertz CT molecular complexity index is 153. The molecular formula is C18H36. The maximum atomic E-state index is 2.47. The second-order valence-electron chi connectivity index (χ2n) is 6.90. The molecule has 0 aromatic rings. The normalized spacial score (nSPS) is 31.0. The molecule has 1 aliphatic rings. The Morgan fingerprint density at radius 2 is 0.667 bits per heavy atom. The lowest BCUT2D eigenvalue weighted by Gasteiger charge is -2.16. The van der Waals surface area contributed by atoms with Gasteiger partial charge in [0, 0.05) is 0 Å². The molecule has 1 aliphatic carbocycles. The maximum absolute atomic E-state index is 2.47. The van der Waals surface area contributed by atoms with Gasteiger partial charge in [0.15, 0.2) is 0 Å². The standard InChI is InChI=1S/C18H36/c1-17-13-11-9-7-5-3-4-6-8-10-12-14-18(2)16-15-17/h17-18H,3-16H2,1-2H3. The lowest BCUT2D eigenvalue weighted by molar-refractivity contribution is 0.374. The van der Waals surface area contributed by atoms with Crippen molar-refractivity contribution >= 4 is 0 Å². The third kappa shape index (κ3) is 9.00. The molecule has 0 amide bonds. The summed E-state index contributed by atoms with van der Waals surface area (Å²) in [6, 6.07) is 0. The van der Waals surface area contributed by atoms with Crippen LogP contribution in [0.4, 0.5) is 0 Å². The van der Waals surface area contributed by atoms with Crippen LogP contribution in [0.2, 0.25) is 0 Å². The molecule has 0 aromatic heterocycles. The molecule has 2 atom stereocenters. The molecule has 1 rings (SSSR count). The highest BCUT2D eigenvalue weighted by Gasteiger charge is 2.07. The monoisotopic (exact) mass is 252 g/mol. The highest BCUT2D eigenvalue weighted by Crippen LogP contribution is 2.22. The van der Waals surface area contributed by atoms with Gasteiger partial charge >= 0.3 is 0 Å². The average Bonchev–Trinajstić information content (AvgIpc) is 2.36. The van der Waals surface area contributed by atoms with Gasteiger partial charge in [-0.15, -0.1) is 0 Å². The predicted octanol–water partition coefficient (Wildman–Crippen LogP) is 6.73. The van der Waals surface area contributed by atoms with Gasteiger partial charge in [-0.2, -0.15) is 0 Å². The van der Waals surface area contributed by atoms with Crippen LogP contribution in [0, 0.1) is 11.8 Å². The third-order valence-corrected chi connectivity index (χ3v) is 4.80. The molecule has 0 saturated heterocycles. The van der Waals surface area contributed by atoms with Crippen LogP contribution < -0.4 is 0 Å². The lowest BCUT2D eigenvalue weighted by Crippen LogP contribution is -2.01. The first kappa shape index (κ1) is 16.1. The van der Waals surface area contributed by atoms with Gasteiger partial charge in [-0.25, -0.2) is 0 Å². The van der Waals surface area contributed by atoms with E-state index in [9.17, 15) is 0 Å². The zero-order chi connectivity index (χ0) is 13.1. The van der Waals surface area contributed by atoms with E-state index < -0.39 is 0 Å². The topological polar surface area (TPSA) is 0 Å². The van der Waals surface area contributed by atoms with Gasteiger partial charge in [0.1, 0.15) is 0 Å². The van der Waals surface area contributed by atoms with Crippen molar-refractivity contribution in [2.45, 2.75) is 104 Å². The first-order chi connectivity index (χ1) is 8.79. The van der Waals surface area contributed by atoms with E-state index in [0.717, 1.165) is 11.8 Å². The average molecular weight is 252 g/mol. The molecule has 0 N–H and O–H groups in total. The van der Waals surface area contributed by atoms with Crippen LogP contribution in [-0.4, -0.2) is 0 Å².